The summed E-state index contributed by atoms with van der Waals surface area (Å²) in [5, 5.41) is 6.29. The van der Waals surface area contributed by atoms with E-state index in [1.165, 1.54) is 31.6 Å². The third-order valence-corrected chi connectivity index (χ3v) is 4.23. The van der Waals surface area contributed by atoms with Gasteiger partial charge in [0.05, 0.1) is 13.2 Å². The molecule has 0 spiro atoms. The van der Waals surface area contributed by atoms with Gasteiger partial charge in [-0.15, -0.1) is 0 Å². The highest BCUT2D eigenvalue weighted by molar-refractivity contribution is 7.89. The summed E-state index contributed by atoms with van der Waals surface area (Å²) in [4.78, 5) is 3.92. The van der Waals surface area contributed by atoms with Gasteiger partial charge in [0.25, 0.3) is 0 Å². The molecule has 1 aromatic heterocycles. The Morgan fingerprint density at radius 1 is 1.45 bits per heavy atom. The molecule has 0 amide bonds. The van der Waals surface area contributed by atoms with Crippen molar-refractivity contribution in [2.24, 2.45) is 0 Å². The van der Waals surface area contributed by atoms with Crippen molar-refractivity contribution in [1.82, 2.24) is 19.9 Å². The van der Waals surface area contributed by atoms with E-state index in [1.807, 2.05) is 0 Å². The summed E-state index contributed by atoms with van der Waals surface area (Å²) in [5.41, 5.74) is 6.03. The minimum Gasteiger partial charge on any atom is -0.495 e. The lowest BCUT2D eigenvalue weighted by Gasteiger charge is -2.14. The standard InChI is InChI=1S/C11H15N5O3S/c1-7(11-13-6-14-15-11)16-20(17,18)10-4-3-8(12)5-9(10)19-2/h3-7,16H,12H2,1-2H3,(H,13,14,15). The Labute approximate surface area is 116 Å². The number of hydrogen-bond acceptors (Lipinski definition) is 6. The highest BCUT2D eigenvalue weighted by Gasteiger charge is 2.23. The number of nitrogens with two attached hydrogens (primary N) is 1. The van der Waals surface area contributed by atoms with Crippen molar-refractivity contribution in [1.29, 1.82) is 0 Å². The van der Waals surface area contributed by atoms with Gasteiger partial charge in [0.1, 0.15) is 22.8 Å². The van der Waals surface area contributed by atoms with E-state index in [9.17, 15) is 8.42 Å². The summed E-state index contributed by atoms with van der Waals surface area (Å²) in [6.07, 6.45) is 1.31. The fourth-order valence-corrected chi connectivity index (χ4v) is 3.04. The number of H-pyrrole nitrogens is 1. The van der Waals surface area contributed by atoms with Crippen LogP contribution >= 0.6 is 0 Å². The van der Waals surface area contributed by atoms with Gasteiger partial charge in [-0.3, -0.25) is 5.10 Å². The number of nitrogen functional groups attached to an aromatic ring is 1. The van der Waals surface area contributed by atoms with Gasteiger partial charge in [0.15, 0.2) is 0 Å². The Kier molecular flexibility index (Phi) is 3.91. The third kappa shape index (κ3) is 2.89. The maximum absolute atomic E-state index is 12.3. The van der Waals surface area contributed by atoms with Crippen LogP contribution in [0.4, 0.5) is 5.69 Å². The monoisotopic (exact) mass is 297 g/mol. The number of methoxy groups -OCH3 is 1. The quantitative estimate of drug-likeness (QED) is 0.688. The van der Waals surface area contributed by atoms with Crippen LogP contribution in [-0.4, -0.2) is 30.7 Å². The minimum absolute atomic E-state index is 0.0144. The molecule has 4 N–H and O–H groups in total. The van der Waals surface area contributed by atoms with Crippen LogP contribution in [0.25, 0.3) is 0 Å². The van der Waals surface area contributed by atoms with Gasteiger partial charge in [-0.05, 0) is 19.1 Å². The average Bonchev–Trinajstić information content (AvgIpc) is 2.91. The fourth-order valence-electron chi connectivity index (χ4n) is 1.68. The van der Waals surface area contributed by atoms with Crippen molar-refractivity contribution >= 4 is 15.7 Å². The molecule has 1 atom stereocenters. The number of benzene rings is 1. The van der Waals surface area contributed by atoms with Crippen molar-refractivity contribution in [3.63, 3.8) is 0 Å². The molecule has 1 heterocycles. The molecule has 0 saturated carbocycles. The zero-order chi connectivity index (χ0) is 14.8. The van der Waals surface area contributed by atoms with Crippen molar-refractivity contribution in [3.8, 4) is 5.75 Å². The number of sulfonamides is 1. The van der Waals surface area contributed by atoms with E-state index in [2.05, 4.69) is 19.9 Å². The van der Waals surface area contributed by atoms with Gasteiger partial charge in [0.2, 0.25) is 10.0 Å². The Bertz CT molecular complexity index is 684. The highest BCUT2D eigenvalue weighted by Crippen LogP contribution is 2.26. The molecule has 9 heteroatoms. The van der Waals surface area contributed by atoms with E-state index in [0.717, 1.165) is 0 Å². The first kappa shape index (κ1) is 14.3. The Hall–Kier alpha value is -2.13. The van der Waals surface area contributed by atoms with Crippen LogP contribution in [0.2, 0.25) is 0 Å². The minimum atomic E-state index is -3.76. The number of hydrogen-bond donors (Lipinski definition) is 3. The third-order valence-electron chi connectivity index (χ3n) is 2.65. The second-order valence-corrected chi connectivity index (χ2v) is 5.81. The molecular formula is C11H15N5O3S. The van der Waals surface area contributed by atoms with Crippen LogP contribution in [0.5, 0.6) is 5.75 Å². The zero-order valence-electron chi connectivity index (χ0n) is 11.0. The molecule has 2 aromatic rings. The topological polar surface area (TPSA) is 123 Å². The summed E-state index contributed by atoms with van der Waals surface area (Å²) in [5.74, 6) is 0.602. The number of anilines is 1. The van der Waals surface area contributed by atoms with Crippen LogP contribution in [0.1, 0.15) is 18.8 Å². The lowest BCUT2D eigenvalue weighted by Crippen LogP contribution is -2.28. The molecule has 2 rings (SSSR count). The molecule has 1 unspecified atom stereocenters. The number of nitrogens with zero attached hydrogens (tertiary/aromatic N) is 2. The molecule has 0 saturated heterocycles. The molecule has 20 heavy (non-hydrogen) atoms. The molecule has 0 aliphatic rings. The molecule has 0 aliphatic heterocycles. The van der Waals surface area contributed by atoms with Crippen LogP contribution < -0.4 is 15.2 Å². The number of rotatable bonds is 5. The zero-order valence-corrected chi connectivity index (χ0v) is 11.8. The largest absolute Gasteiger partial charge is 0.495 e. The highest BCUT2D eigenvalue weighted by atomic mass is 32.2. The Morgan fingerprint density at radius 3 is 2.80 bits per heavy atom. The molecule has 0 bridgehead atoms. The fraction of sp³-hybridized carbons (Fsp3) is 0.273. The van der Waals surface area contributed by atoms with Gasteiger partial charge in [-0.25, -0.2) is 18.1 Å². The number of aromatic nitrogens is 3. The molecule has 0 fully saturated rings. The molecule has 0 aliphatic carbocycles. The maximum Gasteiger partial charge on any atom is 0.244 e. The normalized spacial score (nSPS) is 13.1. The van der Waals surface area contributed by atoms with Crippen molar-refractivity contribution in [3.05, 3.63) is 30.4 Å². The lowest BCUT2D eigenvalue weighted by atomic mass is 10.3. The van der Waals surface area contributed by atoms with E-state index < -0.39 is 16.1 Å². The predicted molar refractivity (Wildman–Crippen MR) is 72.5 cm³/mol. The lowest BCUT2D eigenvalue weighted by molar-refractivity contribution is 0.402. The van der Waals surface area contributed by atoms with Gasteiger partial charge in [0, 0.05) is 11.8 Å². The first-order valence-electron chi connectivity index (χ1n) is 5.75. The first-order chi connectivity index (χ1) is 9.44. The molecule has 108 valence electrons. The molecule has 0 radical (unpaired) electrons. The second-order valence-electron chi connectivity index (χ2n) is 4.12. The van der Waals surface area contributed by atoms with Crippen molar-refractivity contribution in [2.75, 3.05) is 12.8 Å². The van der Waals surface area contributed by atoms with E-state index in [4.69, 9.17) is 10.5 Å². The van der Waals surface area contributed by atoms with Gasteiger partial charge >= 0.3 is 0 Å². The van der Waals surface area contributed by atoms with Gasteiger partial charge < -0.3 is 10.5 Å². The Balaban J connectivity index is 2.31. The number of aromatic amines is 1. The van der Waals surface area contributed by atoms with Gasteiger partial charge in [-0.2, -0.15) is 5.10 Å². The predicted octanol–water partition coefficient (Wildman–Crippen LogP) is 0.435. The summed E-state index contributed by atoms with van der Waals surface area (Å²) >= 11 is 0. The molecular weight excluding hydrogens is 282 g/mol. The number of ether oxygens (including phenoxy) is 1. The van der Waals surface area contributed by atoms with Crippen LogP contribution in [-0.2, 0) is 10.0 Å². The smallest absolute Gasteiger partial charge is 0.244 e. The van der Waals surface area contributed by atoms with Crippen molar-refractivity contribution in [2.45, 2.75) is 17.9 Å². The van der Waals surface area contributed by atoms with Crippen molar-refractivity contribution < 1.29 is 13.2 Å². The average molecular weight is 297 g/mol. The molecule has 8 nitrogen and oxygen atoms in total. The summed E-state index contributed by atoms with van der Waals surface area (Å²) in [7, 11) is -2.38. The summed E-state index contributed by atoms with van der Waals surface area (Å²) in [6, 6.07) is 3.79. The summed E-state index contributed by atoms with van der Waals surface area (Å²) in [6.45, 7) is 1.65. The van der Waals surface area contributed by atoms with Crippen LogP contribution in [0.15, 0.2) is 29.4 Å². The summed E-state index contributed by atoms with van der Waals surface area (Å²) < 4.78 is 32.2. The SMILES string of the molecule is COc1cc(N)ccc1S(=O)(=O)NC(C)c1ncn[nH]1. The van der Waals surface area contributed by atoms with E-state index in [-0.39, 0.29) is 10.6 Å². The van der Waals surface area contributed by atoms with E-state index in [0.29, 0.717) is 11.5 Å². The first-order valence-corrected chi connectivity index (χ1v) is 7.23. The number of nitrogens with one attached hydrogen (secondary N) is 2. The Morgan fingerprint density at radius 2 is 2.20 bits per heavy atom. The second kappa shape index (κ2) is 5.47. The van der Waals surface area contributed by atoms with E-state index in [1.54, 1.807) is 6.92 Å². The maximum atomic E-state index is 12.3. The van der Waals surface area contributed by atoms with Gasteiger partial charge in [-0.1, -0.05) is 0 Å². The molecule has 1 aromatic carbocycles. The van der Waals surface area contributed by atoms with Crippen LogP contribution in [0, 0.1) is 0 Å². The van der Waals surface area contributed by atoms with Crippen LogP contribution in [0.3, 0.4) is 0 Å². The van der Waals surface area contributed by atoms with E-state index >= 15 is 0 Å².